The predicted molar refractivity (Wildman–Crippen MR) is 143 cm³/mol. The van der Waals surface area contributed by atoms with E-state index in [0.717, 1.165) is 5.56 Å². The normalized spacial score (nSPS) is 13.8. The summed E-state index contributed by atoms with van der Waals surface area (Å²) >= 11 is 0. The van der Waals surface area contributed by atoms with E-state index >= 15 is 0 Å². The maximum atomic E-state index is 13.2. The van der Waals surface area contributed by atoms with Crippen molar-refractivity contribution in [2.75, 3.05) is 6.54 Å². The number of nitrogens with zero attached hydrogens (tertiary/aromatic N) is 1. The Kier molecular flexibility index (Phi) is 14.0. The van der Waals surface area contributed by atoms with E-state index in [-0.39, 0.29) is 44.1 Å². The summed E-state index contributed by atoms with van der Waals surface area (Å²) in [4.78, 5) is 65.1. The van der Waals surface area contributed by atoms with E-state index in [9.17, 15) is 29.1 Å². The van der Waals surface area contributed by atoms with E-state index in [1.165, 1.54) is 0 Å². The van der Waals surface area contributed by atoms with Gasteiger partial charge < -0.3 is 43.4 Å². The van der Waals surface area contributed by atoms with Crippen molar-refractivity contribution in [2.24, 2.45) is 28.1 Å². The average molecular weight is 550 g/mol. The molecule has 1 rings (SSSR count). The highest BCUT2D eigenvalue weighted by molar-refractivity contribution is 5.94. The fourth-order valence-electron chi connectivity index (χ4n) is 3.59. The van der Waals surface area contributed by atoms with Gasteiger partial charge >= 0.3 is 11.9 Å². The van der Waals surface area contributed by atoms with Crippen molar-refractivity contribution in [3.8, 4) is 0 Å². The summed E-state index contributed by atoms with van der Waals surface area (Å²) in [5, 5.41) is 25.7. The maximum Gasteiger partial charge on any atom is 0.326 e. The Labute approximate surface area is 226 Å². The molecule has 0 aliphatic rings. The number of hydrogen-bond donors (Lipinski definition) is 8. The molecule has 3 amide bonds. The van der Waals surface area contributed by atoms with Crippen molar-refractivity contribution in [3.63, 3.8) is 0 Å². The van der Waals surface area contributed by atoms with Gasteiger partial charge in [-0.1, -0.05) is 44.2 Å². The van der Waals surface area contributed by atoms with Gasteiger partial charge in [0.05, 0.1) is 6.04 Å². The number of nitrogens with two attached hydrogens (primary N) is 3. The monoisotopic (exact) mass is 549 g/mol. The zero-order valence-corrected chi connectivity index (χ0v) is 22.1. The third-order valence-corrected chi connectivity index (χ3v) is 5.72. The second-order valence-electron chi connectivity index (χ2n) is 9.37. The van der Waals surface area contributed by atoms with Crippen LogP contribution in [0, 0.1) is 5.92 Å². The van der Waals surface area contributed by atoms with E-state index in [4.69, 9.17) is 22.3 Å². The van der Waals surface area contributed by atoms with Crippen LogP contribution in [0.15, 0.2) is 35.3 Å². The number of guanidine groups is 1. The number of aliphatic carboxylic acids is 2. The topological polar surface area (TPSA) is 252 Å². The maximum absolute atomic E-state index is 13.2. The number of benzene rings is 1. The van der Waals surface area contributed by atoms with E-state index in [1.807, 2.05) is 30.3 Å². The molecule has 0 heterocycles. The zero-order chi connectivity index (χ0) is 29.5. The molecule has 0 radical (unpaired) electrons. The van der Waals surface area contributed by atoms with E-state index in [2.05, 4.69) is 20.9 Å². The number of carboxylic acid groups (broad SMARTS) is 2. The molecule has 14 heteroatoms. The molecular weight excluding hydrogens is 510 g/mol. The predicted octanol–water partition coefficient (Wildman–Crippen LogP) is -1.33. The summed E-state index contributed by atoms with van der Waals surface area (Å²) in [6.45, 7) is 3.54. The third-order valence-electron chi connectivity index (χ3n) is 5.72. The smallest absolute Gasteiger partial charge is 0.326 e. The lowest BCUT2D eigenvalue weighted by Gasteiger charge is -2.27. The number of rotatable bonds is 17. The molecule has 1 aromatic rings. The summed E-state index contributed by atoms with van der Waals surface area (Å²) in [6.07, 6.45) is -0.296. The lowest BCUT2D eigenvalue weighted by Crippen LogP contribution is -2.58. The number of aliphatic imine (C=N–C) groups is 1. The Hall–Kier alpha value is -4.20. The highest BCUT2D eigenvalue weighted by Gasteiger charge is 2.31. The molecule has 216 valence electrons. The van der Waals surface area contributed by atoms with Gasteiger partial charge in [-0.15, -0.1) is 0 Å². The van der Waals surface area contributed by atoms with Gasteiger partial charge in [-0.05, 0) is 37.2 Å². The van der Waals surface area contributed by atoms with E-state index < -0.39 is 60.2 Å². The molecule has 0 spiro atoms. The van der Waals surface area contributed by atoms with Crippen molar-refractivity contribution in [2.45, 2.75) is 70.1 Å². The summed E-state index contributed by atoms with van der Waals surface area (Å²) in [5.41, 5.74) is 17.5. The minimum Gasteiger partial charge on any atom is -0.481 e. The van der Waals surface area contributed by atoms with Crippen LogP contribution in [-0.4, -0.2) is 76.5 Å². The molecule has 0 aliphatic carbocycles. The molecule has 0 aliphatic heterocycles. The minimum absolute atomic E-state index is 0.0336. The van der Waals surface area contributed by atoms with Crippen LogP contribution in [0.1, 0.15) is 45.1 Å². The average Bonchev–Trinajstić information content (AvgIpc) is 2.86. The number of carbonyl (C=O) groups excluding carboxylic acids is 3. The van der Waals surface area contributed by atoms with Crippen LogP contribution in [-0.2, 0) is 30.4 Å². The Bertz CT molecular complexity index is 1010. The second kappa shape index (κ2) is 16.6. The molecule has 0 fully saturated rings. The van der Waals surface area contributed by atoms with Gasteiger partial charge in [-0.2, -0.15) is 0 Å². The Morgan fingerprint density at radius 1 is 0.872 bits per heavy atom. The molecule has 0 aromatic heterocycles. The van der Waals surface area contributed by atoms with E-state index in [0.29, 0.717) is 0 Å². The largest absolute Gasteiger partial charge is 0.481 e. The quantitative estimate of drug-likeness (QED) is 0.0645. The lowest BCUT2D eigenvalue weighted by atomic mass is 10.0. The van der Waals surface area contributed by atoms with Crippen LogP contribution in [0.5, 0.6) is 0 Å². The molecule has 0 bridgehead atoms. The Morgan fingerprint density at radius 2 is 1.49 bits per heavy atom. The molecule has 11 N–H and O–H groups in total. The summed E-state index contributed by atoms with van der Waals surface area (Å²) in [6, 6.07) is 4.46. The summed E-state index contributed by atoms with van der Waals surface area (Å²) in [5.74, 6) is -5.25. The first-order valence-electron chi connectivity index (χ1n) is 12.5. The fraction of sp³-hybridized carbons (Fsp3) is 0.520. The third kappa shape index (κ3) is 12.7. The van der Waals surface area contributed by atoms with Crippen LogP contribution in [0.25, 0.3) is 0 Å². The fourth-order valence-corrected chi connectivity index (χ4v) is 3.59. The van der Waals surface area contributed by atoms with Crippen LogP contribution in [0.3, 0.4) is 0 Å². The second-order valence-corrected chi connectivity index (χ2v) is 9.37. The molecule has 4 unspecified atom stereocenters. The van der Waals surface area contributed by atoms with Crippen molar-refractivity contribution in [3.05, 3.63) is 35.9 Å². The van der Waals surface area contributed by atoms with Crippen LogP contribution >= 0.6 is 0 Å². The Balaban J connectivity index is 2.98. The SMILES string of the molecule is CC(C)C(NC(=O)C(N)Cc1ccccc1)C(=O)NC(CCCN=C(N)N)C(=O)NC(CCC(=O)O)C(=O)O. The van der Waals surface area contributed by atoms with Crippen molar-refractivity contribution in [1.29, 1.82) is 0 Å². The first kappa shape index (κ1) is 32.8. The Morgan fingerprint density at radius 3 is 2.03 bits per heavy atom. The number of amides is 3. The number of carboxylic acids is 2. The zero-order valence-electron chi connectivity index (χ0n) is 22.1. The molecule has 4 atom stereocenters. The van der Waals surface area contributed by atoms with Gasteiger partial charge in [0.2, 0.25) is 17.7 Å². The van der Waals surface area contributed by atoms with Crippen LogP contribution in [0.4, 0.5) is 0 Å². The first-order chi connectivity index (χ1) is 18.3. The van der Waals surface area contributed by atoms with E-state index in [1.54, 1.807) is 13.8 Å². The molecular formula is C25H39N7O7. The molecule has 0 saturated carbocycles. The highest BCUT2D eigenvalue weighted by Crippen LogP contribution is 2.08. The molecule has 1 aromatic carbocycles. The van der Waals surface area contributed by atoms with Crippen LogP contribution in [0.2, 0.25) is 0 Å². The van der Waals surface area contributed by atoms with Gasteiger partial charge in [-0.3, -0.25) is 24.2 Å². The van der Waals surface area contributed by atoms with Gasteiger partial charge in [0.1, 0.15) is 18.1 Å². The minimum atomic E-state index is -1.48. The standard InChI is InChI=1S/C25H39N7O7/c1-14(2)20(32-21(35)16(26)13-15-7-4-3-5-8-15)23(37)30-17(9-6-12-29-25(27)28)22(36)31-18(24(38)39)10-11-19(33)34/h3-5,7-8,14,16-18,20H,6,9-13,26H2,1-2H3,(H,30,37)(H,31,36)(H,32,35)(H,33,34)(H,38,39)(H4,27,28,29). The molecule has 14 nitrogen and oxygen atoms in total. The highest BCUT2D eigenvalue weighted by atomic mass is 16.4. The lowest BCUT2D eigenvalue weighted by molar-refractivity contribution is -0.143. The van der Waals surface area contributed by atoms with Crippen molar-refractivity contribution >= 4 is 35.6 Å². The van der Waals surface area contributed by atoms with Crippen molar-refractivity contribution < 1.29 is 34.2 Å². The summed E-state index contributed by atoms with van der Waals surface area (Å²) in [7, 11) is 0. The van der Waals surface area contributed by atoms with Gasteiger partial charge in [-0.25, -0.2) is 4.79 Å². The van der Waals surface area contributed by atoms with Crippen LogP contribution < -0.4 is 33.2 Å². The number of hydrogen-bond acceptors (Lipinski definition) is 7. The molecule has 39 heavy (non-hydrogen) atoms. The van der Waals surface area contributed by atoms with Gasteiger partial charge in [0, 0.05) is 13.0 Å². The van der Waals surface area contributed by atoms with Crippen molar-refractivity contribution in [1.82, 2.24) is 16.0 Å². The number of carbonyl (C=O) groups is 5. The van der Waals surface area contributed by atoms with Gasteiger partial charge in [0.15, 0.2) is 5.96 Å². The van der Waals surface area contributed by atoms with Gasteiger partial charge in [0.25, 0.3) is 0 Å². The first-order valence-corrected chi connectivity index (χ1v) is 12.5. The summed E-state index contributed by atoms with van der Waals surface area (Å²) < 4.78 is 0. The molecule has 0 saturated heterocycles. The number of nitrogens with one attached hydrogen (secondary N) is 3.